The van der Waals surface area contributed by atoms with Crippen LogP contribution in [0, 0.1) is 0 Å². The Morgan fingerprint density at radius 1 is 1.55 bits per heavy atom. The minimum Gasteiger partial charge on any atom is -0.397 e. The third-order valence-electron chi connectivity index (χ3n) is 3.21. The van der Waals surface area contributed by atoms with E-state index in [1.165, 1.54) is 0 Å². The van der Waals surface area contributed by atoms with Gasteiger partial charge in [0.2, 0.25) is 5.91 Å². The summed E-state index contributed by atoms with van der Waals surface area (Å²) < 4.78 is 0. The van der Waals surface area contributed by atoms with Gasteiger partial charge in [-0.25, -0.2) is 0 Å². The van der Waals surface area contributed by atoms with E-state index < -0.39 is 0 Å². The molecule has 1 rings (SSSR count). The zero-order valence-corrected chi connectivity index (χ0v) is 12.7. The highest BCUT2D eigenvalue weighted by molar-refractivity contribution is 6.31. The van der Waals surface area contributed by atoms with Crippen LogP contribution < -0.4 is 11.1 Å². The number of hydrogen-bond donors (Lipinski definition) is 3. The monoisotopic (exact) mass is 299 g/mol. The van der Waals surface area contributed by atoms with Gasteiger partial charge < -0.3 is 16.2 Å². The van der Waals surface area contributed by atoms with Crippen molar-refractivity contribution in [1.29, 1.82) is 0 Å². The molecule has 1 unspecified atom stereocenters. The number of carbonyl (C=O) groups is 1. The molecule has 0 aliphatic rings. The second kappa shape index (κ2) is 8.09. The van der Waals surface area contributed by atoms with Gasteiger partial charge in [-0.2, -0.15) is 0 Å². The molecule has 20 heavy (non-hydrogen) atoms. The maximum Gasteiger partial charge on any atom is 0.241 e. The van der Waals surface area contributed by atoms with Crippen molar-refractivity contribution in [1.82, 2.24) is 4.90 Å². The highest BCUT2D eigenvalue weighted by atomic mass is 35.5. The number of rotatable bonds is 7. The van der Waals surface area contributed by atoms with Crippen LogP contribution in [0.5, 0.6) is 0 Å². The van der Waals surface area contributed by atoms with Gasteiger partial charge in [-0.1, -0.05) is 18.5 Å². The zero-order valence-electron chi connectivity index (χ0n) is 11.9. The average molecular weight is 300 g/mol. The number of anilines is 2. The van der Waals surface area contributed by atoms with Crippen LogP contribution in [0.15, 0.2) is 18.2 Å². The number of aliphatic hydroxyl groups excluding tert-OH is 1. The molecule has 4 N–H and O–H groups in total. The Morgan fingerprint density at radius 3 is 2.85 bits per heavy atom. The zero-order chi connectivity index (χ0) is 15.1. The van der Waals surface area contributed by atoms with Crippen molar-refractivity contribution in [3.8, 4) is 0 Å². The lowest BCUT2D eigenvalue weighted by Gasteiger charge is -2.26. The smallest absolute Gasteiger partial charge is 0.241 e. The van der Waals surface area contributed by atoms with E-state index in [0.717, 1.165) is 6.54 Å². The average Bonchev–Trinajstić information content (AvgIpc) is 2.43. The van der Waals surface area contributed by atoms with E-state index in [-0.39, 0.29) is 18.6 Å². The van der Waals surface area contributed by atoms with Crippen LogP contribution in [-0.2, 0) is 4.79 Å². The number of nitrogen functional groups attached to an aromatic ring is 1. The normalized spacial score (nSPS) is 12.4. The molecule has 0 radical (unpaired) electrons. The van der Waals surface area contributed by atoms with Crippen LogP contribution in [0.1, 0.15) is 20.3 Å². The van der Waals surface area contributed by atoms with E-state index in [9.17, 15) is 4.79 Å². The van der Waals surface area contributed by atoms with Gasteiger partial charge in [0.25, 0.3) is 0 Å². The summed E-state index contributed by atoms with van der Waals surface area (Å²) in [7, 11) is 0. The quantitative estimate of drug-likeness (QED) is 0.673. The summed E-state index contributed by atoms with van der Waals surface area (Å²) in [4.78, 5) is 14.2. The molecule has 1 aromatic carbocycles. The van der Waals surface area contributed by atoms with Crippen molar-refractivity contribution >= 4 is 28.9 Å². The van der Waals surface area contributed by atoms with Crippen LogP contribution in [0.4, 0.5) is 11.4 Å². The van der Waals surface area contributed by atoms with Gasteiger partial charge in [0.05, 0.1) is 17.4 Å². The van der Waals surface area contributed by atoms with E-state index in [0.29, 0.717) is 29.4 Å². The second-order valence-electron chi connectivity index (χ2n) is 4.60. The molecule has 0 aliphatic carbocycles. The molecule has 1 atom stereocenters. The Balaban J connectivity index is 2.71. The van der Waals surface area contributed by atoms with Crippen molar-refractivity contribution in [2.24, 2.45) is 0 Å². The fourth-order valence-electron chi connectivity index (χ4n) is 1.94. The van der Waals surface area contributed by atoms with E-state index in [1.807, 2.05) is 18.7 Å². The number of nitrogens with one attached hydrogen (secondary N) is 1. The molecule has 0 spiro atoms. The summed E-state index contributed by atoms with van der Waals surface area (Å²) in [5.74, 6) is -0.140. The molecule has 0 aromatic heterocycles. The van der Waals surface area contributed by atoms with Crippen molar-refractivity contribution in [3.05, 3.63) is 23.2 Å². The van der Waals surface area contributed by atoms with Crippen molar-refractivity contribution in [3.63, 3.8) is 0 Å². The number of benzene rings is 1. The van der Waals surface area contributed by atoms with Crippen molar-refractivity contribution < 1.29 is 9.90 Å². The highest BCUT2D eigenvalue weighted by Gasteiger charge is 2.20. The fraction of sp³-hybridized carbons (Fsp3) is 0.500. The minimum absolute atomic E-state index is 0.117. The standard InChI is InChI=1S/C14H22ClN3O2/c1-3-18(7-4-8-19)10(2)14(20)17-13-9-11(15)5-6-12(13)16/h5-6,9-10,19H,3-4,7-8,16H2,1-2H3,(H,17,20). The molecule has 1 amide bonds. The summed E-state index contributed by atoms with van der Waals surface area (Å²) in [5.41, 5.74) is 6.81. The molecule has 1 aromatic rings. The predicted octanol–water partition coefficient (Wildman–Crippen LogP) is 1.95. The number of carbonyl (C=O) groups excluding carboxylic acids is 1. The van der Waals surface area contributed by atoms with E-state index in [2.05, 4.69) is 5.32 Å². The SMILES string of the molecule is CCN(CCCO)C(C)C(=O)Nc1cc(Cl)ccc1N. The third-order valence-corrected chi connectivity index (χ3v) is 3.45. The summed E-state index contributed by atoms with van der Waals surface area (Å²) in [6, 6.07) is 4.66. The molecule has 0 heterocycles. The molecule has 6 heteroatoms. The van der Waals surface area contributed by atoms with E-state index in [1.54, 1.807) is 18.2 Å². The molecular formula is C14H22ClN3O2. The van der Waals surface area contributed by atoms with Crippen molar-refractivity contribution in [2.75, 3.05) is 30.7 Å². The third kappa shape index (κ3) is 4.67. The number of likely N-dealkylation sites (N-methyl/N-ethyl adjacent to an activating group) is 1. The first-order chi connectivity index (χ1) is 9.49. The lowest BCUT2D eigenvalue weighted by Crippen LogP contribution is -2.42. The van der Waals surface area contributed by atoms with Crippen LogP contribution in [0.3, 0.4) is 0 Å². The lowest BCUT2D eigenvalue weighted by atomic mass is 10.2. The van der Waals surface area contributed by atoms with E-state index >= 15 is 0 Å². The number of hydrogen-bond acceptors (Lipinski definition) is 4. The van der Waals surface area contributed by atoms with Gasteiger partial charge >= 0.3 is 0 Å². The molecule has 112 valence electrons. The topological polar surface area (TPSA) is 78.6 Å². The summed E-state index contributed by atoms with van der Waals surface area (Å²) in [6.07, 6.45) is 0.644. The van der Waals surface area contributed by atoms with Gasteiger partial charge in [-0.3, -0.25) is 9.69 Å². The predicted molar refractivity (Wildman–Crippen MR) is 82.9 cm³/mol. The minimum atomic E-state index is -0.301. The summed E-state index contributed by atoms with van der Waals surface area (Å²) >= 11 is 5.89. The van der Waals surface area contributed by atoms with Gasteiger partial charge in [0.15, 0.2) is 0 Å². The number of aliphatic hydroxyl groups is 1. The highest BCUT2D eigenvalue weighted by Crippen LogP contribution is 2.23. The van der Waals surface area contributed by atoms with E-state index in [4.69, 9.17) is 22.4 Å². The first-order valence-electron chi connectivity index (χ1n) is 6.70. The van der Waals surface area contributed by atoms with Crippen LogP contribution >= 0.6 is 11.6 Å². The summed E-state index contributed by atoms with van der Waals surface area (Å²) in [5, 5.41) is 12.2. The molecule has 0 fully saturated rings. The van der Waals surface area contributed by atoms with Crippen LogP contribution in [-0.4, -0.2) is 41.7 Å². The number of nitrogens with zero attached hydrogens (tertiary/aromatic N) is 1. The van der Waals surface area contributed by atoms with Gasteiger partial charge in [-0.15, -0.1) is 0 Å². The maximum atomic E-state index is 12.2. The lowest BCUT2D eigenvalue weighted by molar-refractivity contribution is -0.120. The Bertz CT molecular complexity index is 454. The molecule has 0 bridgehead atoms. The Labute approximate surface area is 124 Å². The van der Waals surface area contributed by atoms with Gasteiger partial charge in [0.1, 0.15) is 0 Å². The largest absolute Gasteiger partial charge is 0.397 e. The number of halogens is 1. The molecule has 0 saturated carbocycles. The van der Waals surface area contributed by atoms with Gasteiger partial charge in [-0.05, 0) is 38.1 Å². The molecule has 0 aliphatic heterocycles. The Morgan fingerprint density at radius 2 is 2.25 bits per heavy atom. The first kappa shape index (κ1) is 16.8. The Kier molecular flexibility index (Phi) is 6.78. The summed E-state index contributed by atoms with van der Waals surface area (Å²) in [6.45, 7) is 5.34. The molecule has 5 nitrogen and oxygen atoms in total. The molecular weight excluding hydrogens is 278 g/mol. The van der Waals surface area contributed by atoms with Crippen molar-refractivity contribution in [2.45, 2.75) is 26.3 Å². The Hall–Kier alpha value is -1.30. The molecule has 0 saturated heterocycles. The number of nitrogens with two attached hydrogens (primary N) is 1. The second-order valence-corrected chi connectivity index (χ2v) is 5.04. The maximum absolute atomic E-state index is 12.2. The van der Waals surface area contributed by atoms with Crippen LogP contribution in [0.2, 0.25) is 5.02 Å². The first-order valence-corrected chi connectivity index (χ1v) is 7.08. The van der Waals surface area contributed by atoms with Gasteiger partial charge in [0, 0.05) is 18.2 Å². The number of amides is 1. The van der Waals surface area contributed by atoms with Crippen LogP contribution in [0.25, 0.3) is 0 Å². The fourth-order valence-corrected chi connectivity index (χ4v) is 2.11.